The molecule has 1 heterocycles. The lowest BCUT2D eigenvalue weighted by molar-refractivity contribution is -0.140. The van der Waals surface area contributed by atoms with E-state index in [4.69, 9.17) is 17.0 Å². The smallest absolute Gasteiger partial charge is 0.337 e. The molecule has 2 rings (SSSR count). The number of allylic oxidation sites excluding steroid dienone is 1. The van der Waals surface area contributed by atoms with Crippen molar-refractivity contribution < 1.29 is 9.53 Å². The van der Waals surface area contributed by atoms with Crippen LogP contribution in [0.25, 0.3) is 0 Å². The van der Waals surface area contributed by atoms with Crippen molar-refractivity contribution in [1.29, 1.82) is 0 Å². The summed E-state index contributed by atoms with van der Waals surface area (Å²) in [5.74, 6) is -0.320. The molecule has 0 bridgehead atoms. The largest absolute Gasteiger partial charge is 0.457 e. The van der Waals surface area contributed by atoms with Gasteiger partial charge in [-0.15, -0.1) is 11.8 Å². The summed E-state index contributed by atoms with van der Waals surface area (Å²) in [5.41, 5.74) is 2.30. The van der Waals surface area contributed by atoms with Crippen molar-refractivity contribution in [3.8, 4) is 0 Å². The lowest BCUT2D eigenvalue weighted by Crippen LogP contribution is -2.42. The van der Waals surface area contributed by atoms with Crippen LogP contribution in [-0.4, -0.2) is 23.9 Å². The molecule has 0 saturated carbocycles. The fraction of sp³-hybridized carbons (Fsp3) is 0.286. The topological polar surface area (TPSA) is 50.4 Å². The third kappa shape index (κ3) is 3.74. The van der Waals surface area contributed by atoms with Gasteiger partial charge in [0.1, 0.15) is 6.61 Å². The first-order valence-corrected chi connectivity index (χ1v) is 7.78. The SMILES string of the molecule is CSc1ccc(COC(=O)C2=C(C)NC(=S)NC2)cc1. The summed E-state index contributed by atoms with van der Waals surface area (Å²) in [4.78, 5) is 13.2. The summed E-state index contributed by atoms with van der Waals surface area (Å²) >= 11 is 6.66. The van der Waals surface area contributed by atoms with Crippen molar-refractivity contribution in [2.24, 2.45) is 0 Å². The predicted octanol–water partition coefficient (Wildman–Crippen LogP) is 2.20. The molecule has 4 nitrogen and oxygen atoms in total. The van der Waals surface area contributed by atoms with Gasteiger partial charge in [0.2, 0.25) is 0 Å². The summed E-state index contributed by atoms with van der Waals surface area (Å²) in [7, 11) is 0. The number of nitrogens with one attached hydrogen (secondary N) is 2. The molecule has 0 aromatic heterocycles. The van der Waals surface area contributed by atoms with Crippen molar-refractivity contribution in [2.75, 3.05) is 12.8 Å². The molecule has 20 heavy (non-hydrogen) atoms. The lowest BCUT2D eigenvalue weighted by Gasteiger charge is -2.20. The summed E-state index contributed by atoms with van der Waals surface area (Å²) < 4.78 is 5.32. The average Bonchev–Trinajstić information content (AvgIpc) is 2.45. The zero-order chi connectivity index (χ0) is 14.5. The second-order valence-electron chi connectivity index (χ2n) is 4.34. The van der Waals surface area contributed by atoms with Crippen LogP contribution >= 0.6 is 24.0 Å². The lowest BCUT2D eigenvalue weighted by atomic mass is 10.2. The van der Waals surface area contributed by atoms with Crippen molar-refractivity contribution in [3.63, 3.8) is 0 Å². The summed E-state index contributed by atoms with van der Waals surface area (Å²) in [5, 5.41) is 6.37. The van der Waals surface area contributed by atoms with Gasteiger partial charge in [-0.3, -0.25) is 0 Å². The minimum Gasteiger partial charge on any atom is -0.457 e. The van der Waals surface area contributed by atoms with Crippen LogP contribution in [0.3, 0.4) is 0 Å². The number of ether oxygens (including phenoxy) is 1. The van der Waals surface area contributed by atoms with E-state index in [2.05, 4.69) is 10.6 Å². The highest BCUT2D eigenvalue weighted by Gasteiger charge is 2.19. The van der Waals surface area contributed by atoms with Gasteiger partial charge in [-0.25, -0.2) is 4.79 Å². The Hall–Kier alpha value is -1.53. The van der Waals surface area contributed by atoms with E-state index in [1.54, 1.807) is 11.8 Å². The fourth-order valence-corrected chi connectivity index (χ4v) is 2.41. The highest BCUT2D eigenvalue weighted by Crippen LogP contribution is 2.16. The quantitative estimate of drug-likeness (QED) is 0.505. The molecule has 1 aromatic rings. The zero-order valence-corrected chi connectivity index (χ0v) is 13.0. The summed E-state index contributed by atoms with van der Waals surface area (Å²) in [6.07, 6.45) is 2.03. The van der Waals surface area contributed by atoms with Gasteiger partial charge in [0.05, 0.1) is 12.1 Å². The normalized spacial score (nSPS) is 14.6. The number of carbonyl (C=O) groups is 1. The Kier molecular flexibility index (Phi) is 5.03. The molecule has 0 radical (unpaired) electrons. The minimum absolute atomic E-state index is 0.273. The van der Waals surface area contributed by atoms with E-state index in [0.717, 1.165) is 11.3 Å². The number of benzene rings is 1. The number of thiocarbonyl (C=S) groups is 1. The van der Waals surface area contributed by atoms with E-state index in [1.807, 2.05) is 37.4 Å². The minimum atomic E-state index is -0.320. The molecular weight excluding hydrogens is 292 g/mol. The molecule has 1 aliphatic heterocycles. The number of esters is 1. The molecule has 0 spiro atoms. The van der Waals surface area contributed by atoms with Crippen LogP contribution in [0, 0.1) is 0 Å². The van der Waals surface area contributed by atoms with Crippen LogP contribution in [-0.2, 0) is 16.1 Å². The van der Waals surface area contributed by atoms with E-state index in [-0.39, 0.29) is 12.6 Å². The first kappa shape index (κ1) is 14.9. The highest BCUT2D eigenvalue weighted by atomic mass is 32.2. The Morgan fingerprint density at radius 3 is 2.70 bits per heavy atom. The molecule has 0 fully saturated rings. The van der Waals surface area contributed by atoms with Gasteiger partial charge >= 0.3 is 5.97 Å². The number of rotatable bonds is 4. The maximum Gasteiger partial charge on any atom is 0.337 e. The molecule has 2 N–H and O–H groups in total. The van der Waals surface area contributed by atoms with Gasteiger partial charge in [-0.1, -0.05) is 12.1 Å². The number of carbonyl (C=O) groups excluding carboxylic acids is 1. The predicted molar refractivity (Wildman–Crippen MR) is 84.5 cm³/mol. The van der Waals surface area contributed by atoms with Gasteiger partial charge < -0.3 is 15.4 Å². The van der Waals surface area contributed by atoms with Crippen LogP contribution in [0.4, 0.5) is 0 Å². The standard InChI is InChI=1S/C14H16N2O2S2/c1-9-12(7-15-14(19)16-9)13(17)18-8-10-3-5-11(20-2)6-4-10/h3-6H,7-8H2,1-2H3,(H2,15,16,19). The van der Waals surface area contributed by atoms with Gasteiger partial charge in [-0.05, 0) is 43.1 Å². The first-order valence-electron chi connectivity index (χ1n) is 6.15. The molecule has 1 aliphatic rings. The molecule has 0 saturated heterocycles. The van der Waals surface area contributed by atoms with Crippen LogP contribution in [0.2, 0.25) is 0 Å². The zero-order valence-electron chi connectivity index (χ0n) is 11.4. The van der Waals surface area contributed by atoms with Gasteiger partial charge in [0.25, 0.3) is 0 Å². The van der Waals surface area contributed by atoms with Crippen LogP contribution in [0.15, 0.2) is 40.4 Å². The molecule has 1 aromatic carbocycles. The summed E-state index contributed by atoms with van der Waals surface area (Å²) in [6, 6.07) is 7.96. The Morgan fingerprint density at radius 1 is 1.40 bits per heavy atom. The van der Waals surface area contributed by atoms with Gasteiger partial charge in [-0.2, -0.15) is 0 Å². The van der Waals surface area contributed by atoms with Crippen molar-refractivity contribution in [3.05, 3.63) is 41.1 Å². The molecule has 6 heteroatoms. The molecule has 0 aliphatic carbocycles. The molecule has 0 amide bonds. The van der Waals surface area contributed by atoms with Crippen molar-refractivity contribution >= 4 is 35.1 Å². The third-order valence-electron chi connectivity index (χ3n) is 2.95. The van der Waals surface area contributed by atoms with E-state index < -0.39 is 0 Å². The van der Waals surface area contributed by atoms with Crippen LogP contribution in [0.5, 0.6) is 0 Å². The highest BCUT2D eigenvalue weighted by molar-refractivity contribution is 7.98. The second kappa shape index (κ2) is 6.76. The Balaban J connectivity index is 1.94. The van der Waals surface area contributed by atoms with Crippen molar-refractivity contribution in [2.45, 2.75) is 18.4 Å². The molecule has 0 unspecified atom stereocenters. The number of thioether (sulfide) groups is 1. The fourth-order valence-electron chi connectivity index (χ4n) is 1.77. The van der Waals surface area contributed by atoms with E-state index in [0.29, 0.717) is 17.2 Å². The first-order chi connectivity index (χ1) is 9.60. The second-order valence-corrected chi connectivity index (χ2v) is 5.62. The van der Waals surface area contributed by atoms with Crippen molar-refractivity contribution in [1.82, 2.24) is 10.6 Å². The Bertz CT molecular complexity index is 553. The Labute approximate surface area is 128 Å². The number of hydrogen-bond acceptors (Lipinski definition) is 4. The molecular formula is C14H16N2O2S2. The average molecular weight is 308 g/mol. The van der Waals surface area contributed by atoms with E-state index in [1.165, 1.54) is 4.90 Å². The maximum atomic E-state index is 12.0. The van der Waals surface area contributed by atoms with Gasteiger partial charge in [0, 0.05) is 10.6 Å². The maximum absolute atomic E-state index is 12.0. The van der Waals surface area contributed by atoms with E-state index in [9.17, 15) is 4.79 Å². The number of hydrogen-bond donors (Lipinski definition) is 2. The van der Waals surface area contributed by atoms with Crippen LogP contribution in [0.1, 0.15) is 12.5 Å². The van der Waals surface area contributed by atoms with Crippen LogP contribution < -0.4 is 10.6 Å². The Morgan fingerprint density at radius 2 is 2.10 bits per heavy atom. The monoisotopic (exact) mass is 308 g/mol. The molecule has 106 valence electrons. The van der Waals surface area contributed by atoms with E-state index >= 15 is 0 Å². The summed E-state index contributed by atoms with van der Waals surface area (Å²) in [6.45, 7) is 2.49. The third-order valence-corrected chi connectivity index (χ3v) is 3.94. The molecule has 0 atom stereocenters. The van der Waals surface area contributed by atoms with Gasteiger partial charge in [0.15, 0.2) is 5.11 Å².